The van der Waals surface area contributed by atoms with Gasteiger partial charge in [-0.2, -0.15) is 0 Å². The Hall–Kier alpha value is -5.03. The summed E-state index contributed by atoms with van der Waals surface area (Å²) in [6.07, 6.45) is 0. The number of rotatable bonds is 7. The first-order valence-corrected chi connectivity index (χ1v) is 12.4. The van der Waals surface area contributed by atoms with Crippen molar-refractivity contribution >= 4 is 29.0 Å². The van der Waals surface area contributed by atoms with Crippen LogP contribution in [0, 0.1) is 33.8 Å². The summed E-state index contributed by atoms with van der Waals surface area (Å²) in [5.74, 6) is 3.22. The summed E-state index contributed by atoms with van der Waals surface area (Å²) >= 11 is 0. The van der Waals surface area contributed by atoms with Gasteiger partial charge in [0.1, 0.15) is 12.5 Å². The van der Waals surface area contributed by atoms with Gasteiger partial charge in [0.2, 0.25) is 0 Å². The Balaban J connectivity index is 1.79. The van der Waals surface area contributed by atoms with E-state index in [4.69, 9.17) is 9.47 Å². The van der Waals surface area contributed by atoms with Crippen LogP contribution >= 0.6 is 0 Å². The van der Waals surface area contributed by atoms with E-state index in [1.807, 2.05) is 60.7 Å². The average molecular weight is 523 g/mol. The third-order valence-corrected chi connectivity index (χ3v) is 6.11. The van der Waals surface area contributed by atoms with Crippen LogP contribution in [-0.2, 0) is 25.7 Å². The Morgan fingerprint density at radius 3 is 2.21 bits per heavy atom. The first-order valence-electron chi connectivity index (χ1n) is 12.4. The highest BCUT2D eigenvalue weighted by Crippen LogP contribution is 2.37. The Bertz CT molecular complexity index is 1480. The minimum absolute atomic E-state index is 0.0650. The van der Waals surface area contributed by atoms with Crippen LogP contribution in [0.15, 0.2) is 95.5 Å². The molecule has 39 heavy (non-hydrogen) atoms. The lowest BCUT2D eigenvalue weighted by atomic mass is 9.79. The second kappa shape index (κ2) is 12.5. The molecule has 4 rings (SSSR count). The number of aliphatic imine (C=N–C) groups is 1. The molecular formula is C31H26N2O6. The predicted molar refractivity (Wildman–Crippen MR) is 146 cm³/mol. The molecule has 0 saturated carbocycles. The summed E-state index contributed by atoms with van der Waals surface area (Å²) in [5.41, 5.74) is 2.90. The topological polar surface area (TPSA) is 108 Å². The molecule has 8 heteroatoms. The molecule has 0 aromatic heterocycles. The average Bonchev–Trinajstić information content (AvgIpc) is 2.95. The van der Waals surface area contributed by atoms with Crippen LogP contribution in [0.1, 0.15) is 30.5 Å². The molecule has 1 heterocycles. The number of nitrogens with zero attached hydrogens (tertiary/aromatic N) is 2. The monoisotopic (exact) mass is 522 g/mol. The zero-order chi connectivity index (χ0) is 27.8. The number of nitro benzene ring substituents is 1. The number of ether oxygens (including phenoxy) is 2. The number of hydrogen-bond acceptors (Lipinski definition) is 7. The van der Waals surface area contributed by atoms with Crippen LogP contribution < -0.4 is 0 Å². The molecule has 0 spiro atoms. The fraction of sp³-hybridized carbons (Fsp3) is 0.194. The molecule has 0 saturated heterocycles. The zero-order valence-electron chi connectivity index (χ0n) is 21.5. The molecule has 0 radical (unpaired) electrons. The van der Waals surface area contributed by atoms with Crippen LogP contribution in [0.25, 0.3) is 5.70 Å². The Morgan fingerprint density at radius 1 is 0.949 bits per heavy atom. The lowest BCUT2D eigenvalue weighted by Gasteiger charge is -2.29. The van der Waals surface area contributed by atoms with E-state index in [0.29, 0.717) is 22.5 Å². The second-order valence-electron chi connectivity index (χ2n) is 8.72. The minimum Gasteiger partial charge on any atom is -0.465 e. The van der Waals surface area contributed by atoms with Crippen molar-refractivity contribution in [3.05, 3.63) is 117 Å². The summed E-state index contributed by atoms with van der Waals surface area (Å²) in [6, 6.07) is 24.1. The number of nitro groups is 1. The molecule has 8 nitrogen and oxygen atoms in total. The van der Waals surface area contributed by atoms with Crippen LogP contribution in [0.3, 0.4) is 0 Å². The predicted octanol–water partition coefficient (Wildman–Crippen LogP) is 5.37. The molecule has 0 fully saturated rings. The molecule has 0 aliphatic carbocycles. The maximum absolute atomic E-state index is 13.7. The van der Waals surface area contributed by atoms with E-state index in [9.17, 15) is 19.7 Å². The van der Waals surface area contributed by atoms with Gasteiger partial charge < -0.3 is 9.47 Å². The largest absolute Gasteiger partial charge is 0.465 e. The first-order chi connectivity index (χ1) is 18.9. The van der Waals surface area contributed by atoms with Crippen LogP contribution in [0.5, 0.6) is 0 Å². The number of hydrogen-bond donors (Lipinski definition) is 0. The van der Waals surface area contributed by atoms with E-state index >= 15 is 0 Å². The summed E-state index contributed by atoms with van der Waals surface area (Å²) < 4.78 is 11.0. The van der Waals surface area contributed by atoms with Gasteiger partial charge in [-0.25, -0.2) is 4.79 Å². The lowest BCUT2D eigenvalue weighted by molar-refractivity contribution is -0.384. The smallest absolute Gasteiger partial charge is 0.337 e. The van der Waals surface area contributed by atoms with Crippen LogP contribution in [0.2, 0.25) is 0 Å². The van der Waals surface area contributed by atoms with Gasteiger partial charge in [0.15, 0.2) is 0 Å². The Labute approximate surface area is 226 Å². The number of esters is 2. The quantitative estimate of drug-likeness (QED) is 0.179. The highest BCUT2D eigenvalue weighted by atomic mass is 16.6. The summed E-state index contributed by atoms with van der Waals surface area (Å²) in [5, 5.41) is 11.0. The molecular weight excluding hydrogens is 496 g/mol. The SMILES string of the molecule is CCOC(=O)C1C(C)=NC(c2ccccc2)=C(C(=O)OCc2ccc([N+](=O)[O-])cc2)C1C#Cc1ccccc1. The lowest BCUT2D eigenvalue weighted by Crippen LogP contribution is -2.37. The molecule has 2 atom stereocenters. The number of non-ortho nitro benzene ring substituents is 1. The third-order valence-electron chi connectivity index (χ3n) is 6.11. The van der Waals surface area contributed by atoms with Gasteiger partial charge in [-0.3, -0.25) is 19.9 Å². The van der Waals surface area contributed by atoms with Gasteiger partial charge >= 0.3 is 11.9 Å². The Morgan fingerprint density at radius 2 is 1.59 bits per heavy atom. The van der Waals surface area contributed by atoms with Crippen LogP contribution in [0.4, 0.5) is 5.69 Å². The van der Waals surface area contributed by atoms with Gasteiger partial charge in [0.05, 0.1) is 28.7 Å². The summed E-state index contributed by atoms with van der Waals surface area (Å²) in [6.45, 7) is 3.47. The van der Waals surface area contributed by atoms with Crippen molar-refractivity contribution in [2.75, 3.05) is 6.61 Å². The first kappa shape index (κ1) is 27.0. The van der Waals surface area contributed by atoms with Crippen molar-refractivity contribution in [1.29, 1.82) is 0 Å². The van der Waals surface area contributed by atoms with Gasteiger partial charge in [-0.15, -0.1) is 0 Å². The normalized spacial score (nSPS) is 16.4. The standard InChI is InChI=1S/C31H26N2O6/c1-3-38-30(34)27-21(2)32-29(24-12-8-5-9-13-24)28(26(27)19-16-22-10-6-4-7-11-22)31(35)39-20-23-14-17-25(18-15-23)33(36)37/h4-15,17-18,26-27H,3,20H2,1-2H3. The van der Waals surface area contributed by atoms with Crippen molar-refractivity contribution in [3.8, 4) is 11.8 Å². The van der Waals surface area contributed by atoms with E-state index < -0.39 is 28.7 Å². The van der Waals surface area contributed by atoms with E-state index in [-0.39, 0.29) is 24.5 Å². The number of carbonyl (C=O) groups is 2. The number of carbonyl (C=O) groups excluding carboxylic acids is 2. The van der Waals surface area contributed by atoms with Crippen molar-refractivity contribution in [2.45, 2.75) is 20.5 Å². The van der Waals surface area contributed by atoms with E-state index in [1.165, 1.54) is 24.3 Å². The van der Waals surface area contributed by atoms with Crippen molar-refractivity contribution < 1.29 is 24.0 Å². The summed E-state index contributed by atoms with van der Waals surface area (Å²) in [4.78, 5) is 42.0. The molecule has 1 aliphatic heterocycles. The second-order valence-corrected chi connectivity index (χ2v) is 8.72. The van der Waals surface area contributed by atoms with E-state index in [0.717, 1.165) is 5.56 Å². The molecule has 0 amide bonds. The fourth-order valence-corrected chi connectivity index (χ4v) is 4.22. The highest BCUT2D eigenvalue weighted by molar-refractivity contribution is 6.11. The molecule has 0 bridgehead atoms. The van der Waals surface area contributed by atoms with Gasteiger partial charge in [-0.05, 0) is 43.7 Å². The van der Waals surface area contributed by atoms with Crippen molar-refractivity contribution in [2.24, 2.45) is 16.8 Å². The molecule has 1 aliphatic rings. The van der Waals surface area contributed by atoms with Crippen molar-refractivity contribution in [3.63, 3.8) is 0 Å². The van der Waals surface area contributed by atoms with Crippen molar-refractivity contribution in [1.82, 2.24) is 0 Å². The van der Waals surface area contributed by atoms with E-state index in [1.54, 1.807) is 13.8 Å². The fourth-order valence-electron chi connectivity index (χ4n) is 4.22. The van der Waals surface area contributed by atoms with E-state index in [2.05, 4.69) is 16.8 Å². The zero-order valence-corrected chi connectivity index (χ0v) is 21.5. The molecule has 196 valence electrons. The van der Waals surface area contributed by atoms with Crippen LogP contribution in [-0.4, -0.2) is 29.2 Å². The number of benzene rings is 3. The molecule has 3 aromatic rings. The Kier molecular flexibility index (Phi) is 8.64. The summed E-state index contributed by atoms with van der Waals surface area (Å²) in [7, 11) is 0. The van der Waals surface area contributed by atoms with Gasteiger partial charge in [-0.1, -0.05) is 60.4 Å². The maximum Gasteiger partial charge on any atom is 0.337 e. The molecule has 0 N–H and O–H groups in total. The molecule has 2 unspecified atom stereocenters. The highest BCUT2D eigenvalue weighted by Gasteiger charge is 2.42. The third kappa shape index (κ3) is 6.46. The maximum atomic E-state index is 13.7. The molecule has 3 aromatic carbocycles. The van der Waals surface area contributed by atoms with Gasteiger partial charge in [0.25, 0.3) is 5.69 Å². The minimum atomic E-state index is -0.907. The van der Waals surface area contributed by atoms with Gasteiger partial charge in [0, 0.05) is 29.0 Å².